The van der Waals surface area contributed by atoms with Crippen molar-refractivity contribution in [3.8, 4) is 0 Å². The summed E-state index contributed by atoms with van der Waals surface area (Å²) in [4.78, 5) is 27.0. The van der Waals surface area contributed by atoms with Crippen LogP contribution in [0.2, 0.25) is 0 Å². The van der Waals surface area contributed by atoms with Crippen LogP contribution in [0.1, 0.15) is 31.4 Å². The summed E-state index contributed by atoms with van der Waals surface area (Å²) in [5, 5.41) is 13.8. The molecule has 1 aromatic carbocycles. The first-order valence-corrected chi connectivity index (χ1v) is 6.68. The van der Waals surface area contributed by atoms with Crippen LogP contribution in [0.15, 0.2) is 17.5 Å². The van der Waals surface area contributed by atoms with Crippen molar-refractivity contribution in [3.05, 3.63) is 51.0 Å². The number of halogens is 2. The lowest BCUT2D eigenvalue weighted by Crippen LogP contribution is -2.25. The minimum Gasteiger partial charge on any atom is -0.478 e. The van der Waals surface area contributed by atoms with E-state index in [-0.39, 0.29) is 6.54 Å². The summed E-state index contributed by atoms with van der Waals surface area (Å²) in [5.41, 5.74) is -0.236. The second-order valence-electron chi connectivity index (χ2n) is 4.18. The topological polar surface area (TPSA) is 79.3 Å². The molecule has 0 saturated carbocycles. The van der Waals surface area contributed by atoms with Crippen LogP contribution in [-0.4, -0.2) is 22.0 Å². The van der Waals surface area contributed by atoms with Gasteiger partial charge in [-0.05, 0) is 19.1 Å². The third-order valence-corrected chi connectivity index (χ3v) is 3.57. The third-order valence-electron chi connectivity index (χ3n) is 2.60. The van der Waals surface area contributed by atoms with E-state index in [1.165, 1.54) is 11.3 Å². The Balaban J connectivity index is 2.22. The van der Waals surface area contributed by atoms with E-state index < -0.39 is 34.6 Å². The molecule has 110 valence electrons. The number of carbonyl (C=O) groups excluding carboxylic acids is 1. The Morgan fingerprint density at radius 2 is 1.90 bits per heavy atom. The molecule has 2 N–H and O–H groups in total. The van der Waals surface area contributed by atoms with Gasteiger partial charge in [0.15, 0.2) is 11.6 Å². The number of benzene rings is 1. The molecule has 21 heavy (non-hydrogen) atoms. The van der Waals surface area contributed by atoms with E-state index in [0.29, 0.717) is 17.1 Å². The average molecular weight is 312 g/mol. The van der Waals surface area contributed by atoms with E-state index in [1.807, 2.05) is 0 Å². The zero-order chi connectivity index (χ0) is 15.6. The number of aromatic nitrogens is 1. The van der Waals surface area contributed by atoms with Crippen LogP contribution in [0, 0.1) is 18.6 Å². The lowest BCUT2D eigenvalue weighted by Gasteiger charge is -2.07. The molecule has 0 aliphatic rings. The van der Waals surface area contributed by atoms with Crippen LogP contribution in [0.25, 0.3) is 0 Å². The minimum atomic E-state index is -1.51. The highest BCUT2D eigenvalue weighted by molar-refractivity contribution is 7.09. The maximum absolute atomic E-state index is 13.2. The molecule has 0 spiro atoms. The lowest BCUT2D eigenvalue weighted by atomic mass is 10.1. The minimum absolute atomic E-state index is 0.0788. The normalized spacial score (nSPS) is 10.4. The number of thiazole rings is 1. The van der Waals surface area contributed by atoms with Gasteiger partial charge in [-0.2, -0.15) is 0 Å². The predicted octanol–water partition coefficient (Wildman–Crippen LogP) is 2.36. The predicted molar refractivity (Wildman–Crippen MR) is 71.3 cm³/mol. The molecule has 1 amide bonds. The van der Waals surface area contributed by atoms with Gasteiger partial charge in [-0.15, -0.1) is 11.3 Å². The van der Waals surface area contributed by atoms with Gasteiger partial charge in [-0.1, -0.05) is 0 Å². The fourth-order valence-electron chi connectivity index (χ4n) is 1.65. The number of amides is 1. The van der Waals surface area contributed by atoms with Crippen molar-refractivity contribution in [3.63, 3.8) is 0 Å². The number of aromatic carboxylic acids is 1. The van der Waals surface area contributed by atoms with Gasteiger partial charge >= 0.3 is 5.97 Å². The molecule has 2 rings (SSSR count). The van der Waals surface area contributed by atoms with Crippen molar-refractivity contribution >= 4 is 23.2 Å². The highest BCUT2D eigenvalue weighted by Crippen LogP contribution is 2.16. The number of rotatable bonds is 4. The Hall–Kier alpha value is -2.35. The maximum atomic E-state index is 13.2. The summed E-state index contributed by atoms with van der Waals surface area (Å²) in [5.74, 6) is -4.92. The molecule has 0 saturated heterocycles. The molecule has 1 heterocycles. The van der Waals surface area contributed by atoms with E-state index in [0.717, 1.165) is 5.69 Å². The molecule has 0 radical (unpaired) electrons. The number of carboxylic acids is 1. The fourth-order valence-corrected chi connectivity index (χ4v) is 2.36. The van der Waals surface area contributed by atoms with Crippen LogP contribution in [-0.2, 0) is 6.54 Å². The zero-order valence-electron chi connectivity index (χ0n) is 10.8. The van der Waals surface area contributed by atoms with E-state index in [4.69, 9.17) is 5.11 Å². The Bertz CT molecular complexity index is 715. The summed E-state index contributed by atoms with van der Waals surface area (Å²) >= 11 is 1.33. The van der Waals surface area contributed by atoms with Crippen LogP contribution in [0.4, 0.5) is 8.78 Å². The standard InChI is InChI=1S/C13H10F2N2O3S/c1-6-5-21-11(17-6)4-16-12(18)7-2-9(14)10(15)3-8(7)13(19)20/h2-3,5H,4H2,1H3,(H,16,18)(H,19,20). The first-order chi connectivity index (χ1) is 9.88. The molecule has 1 aromatic heterocycles. The molecule has 0 aliphatic carbocycles. The molecule has 8 heteroatoms. The van der Waals surface area contributed by atoms with E-state index in [9.17, 15) is 18.4 Å². The highest BCUT2D eigenvalue weighted by Gasteiger charge is 2.20. The molecule has 0 unspecified atom stereocenters. The average Bonchev–Trinajstić information content (AvgIpc) is 2.84. The maximum Gasteiger partial charge on any atom is 0.336 e. The number of nitrogens with one attached hydrogen (secondary N) is 1. The summed E-state index contributed by atoms with van der Waals surface area (Å²) in [6.45, 7) is 1.87. The second-order valence-corrected chi connectivity index (χ2v) is 5.13. The molecule has 0 aliphatic heterocycles. The van der Waals surface area contributed by atoms with Gasteiger partial charge in [0.2, 0.25) is 0 Å². The van der Waals surface area contributed by atoms with Gasteiger partial charge in [-0.25, -0.2) is 18.6 Å². The lowest BCUT2D eigenvalue weighted by molar-refractivity contribution is 0.0690. The molecular formula is C13H10F2N2O3S. The monoisotopic (exact) mass is 312 g/mol. The van der Waals surface area contributed by atoms with Crippen molar-refractivity contribution < 1.29 is 23.5 Å². The molecule has 0 fully saturated rings. The third kappa shape index (κ3) is 3.40. The van der Waals surface area contributed by atoms with Crippen LogP contribution < -0.4 is 5.32 Å². The van der Waals surface area contributed by atoms with Crippen molar-refractivity contribution in [1.82, 2.24) is 10.3 Å². The van der Waals surface area contributed by atoms with Crippen LogP contribution in [0.3, 0.4) is 0 Å². The summed E-state index contributed by atoms with van der Waals surface area (Å²) in [7, 11) is 0. The Morgan fingerprint density at radius 1 is 1.29 bits per heavy atom. The van der Waals surface area contributed by atoms with E-state index >= 15 is 0 Å². The van der Waals surface area contributed by atoms with Crippen molar-refractivity contribution in [1.29, 1.82) is 0 Å². The Labute approximate surface area is 122 Å². The Morgan fingerprint density at radius 3 is 2.43 bits per heavy atom. The number of nitrogens with zero attached hydrogens (tertiary/aromatic N) is 1. The zero-order valence-corrected chi connectivity index (χ0v) is 11.6. The summed E-state index contributed by atoms with van der Waals surface area (Å²) in [6.07, 6.45) is 0. The van der Waals surface area contributed by atoms with Gasteiger partial charge in [-0.3, -0.25) is 4.79 Å². The molecule has 5 nitrogen and oxygen atoms in total. The quantitative estimate of drug-likeness (QED) is 0.908. The first-order valence-electron chi connectivity index (χ1n) is 5.80. The number of aryl methyl sites for hydroxylation is 1. The second kappa shape index (κ2) is 5.96. The van der Waals surface area contributed by atoms with Crippen LogP contribution >= 0.6 is 11.3 Å². The largest absolute Gasteiger partial charge is 0.478 e. The Kier molecular flexibility index (Phi) is 4.27. The first kappa shape index (κ1) is 15.0. The van der Waals surface area contributed by atoms with Gasteiger partial charge in [0.25, 0.3) is 5.91 Å². The number of carboxylic acid groups (broad SMARTS) is 1. The van der Waals surface area contributed by atoms with E-state index in [1.54, 1.807) is 12.3 Å². The van der Waals surface area contributed by atoms with Gasteiger partial charge < -0.3 is 10.4 Å². The van der Waals surface area contributed by atoms with Crippen LogP contribution in [0.5, 0.6) is 0 Å². The van der Waals surface area contributed by atoms with Gasteiger partial charge in [0, 0.05) is 11.1 Å². The van der Waals surface area contributed by atoms with Crippen molar-refractivity contribution in [2.45, 2.75) is 13.5 Å². The van der Waals surface area contributed by atoms with E-state index in [2.05, 4.69) is 10.3 Å². The smallest absolute Gasteiger partial charge is 0.336 e. The van der Waals surface area contributed by atoms with Crippen molar-refractivity contribution in [2.24, 2.45) is 0 Å². The van der Waals surface area contributed by atoms with Crippen molar-refractivity contribution in [2.75, 3.05) is 0 Å². The summed E-state index contributed by atoms with van der Waals surface area (Å²) < 4.78 is 26.2. The molecule has 0 bridgehead atoms. The number of hydrogen-bond acceptors (Lipinski definition) is 4. The number of carbonyl (C=O) groups is 2. The highest BCUT2D eigenvalue weighted by atomic mass is 32.1. The molecular weight excluding hydrogens is 302 g/mol. The van der Waals surface area contributed by atoms with Gasteiger partial charge in [0.1, 0.15) is 5.01 Å². The SMILES string of the molecule is Cc1csc(CNC(=O)c2cc(F)c(F)cc2C(=O)O)n1. The molecule has 2 aromatic rings. The molecule has 0 atom stereocenters. The number of hydrogen-bond donors (Lipinski definition) is 2. The van der Waals surface area contributed by atoms with Gasteiger partial charge in [0.05, 0.1) is 17.7 Å². The summed E-state index contributed by atoms with van der Waals surface area (Å²) in [6, 6.07) is 1.06. The fraction of sp³-hybridized carbons (Fsp3) is 0.154.